The van der Waals surface area contributed by atoms with Crippen LogP contribution in [0.5, 0.6) is 0 Å². The summed E-state index contributed by atoms with van der Waals surface area (Å²) in [5.74, 6) is 0. The van der Waals surface area contributed by atoms with Gasteiger partial charge in [0.1, 0.15) is 10.7 Å². The number of isothiocyanates is 2. The molecule has 0 aromatic heterocycles. The predicted octanol–water partition coefficient (Wildman–Crippen LogP) is 3.31. The third-order valence-electron chi connectivity index (χ3n) is 1.09. The monoisotopic (exact) mass is 250 g/mol. The molecule has 0 heterocycles. The summed E-state index contributed by atoms with van der Waals surface area (Å²) in [6, 6.07) is 0. The van der Waals surface area contributed by atoms with Crippen molar-refractivity contribution in [1.29, 1.82) is 0 Å². The van der Waals surface area contributed by atoms with Crippen LogP contribution in [0.3, 0.4) is 0 Å². The molecule has 13 heavy (non-hydrogen) atoms. The maximum atomic E-state index is 4.49. The Hall–Kier alpha value is 0.300. The number of hydrogen-bond donors (Lipinski definition) is 0. The number of rotatable bonds is 6. The van der Waals surface area contributed by atoms with E-state index in [0.717, 1.165) is 5.08 Å². The number of thiocarbonyl (C=S) groups is 2. The molecule has 0 fully saturated rings. The van der Waals surface area contributed by atoms with Crippen molar-refractivity contribution >= 4 is 58.3 Å². The topological polar surface area (TPSA) is 24.7 Å². The summed E-state index contributed by atoms with van der Waals surface area (Å²) < 4.78 is 0. The zero-order valence-electron chi connectivity index (χ0n) is 7.39. The Morgan fingerprint density at radius 2 is 1.46 bits per heavy atom. The van der Waals surface area contributed by atoms with Gasteiger partial charge in [0.2, 0.25) is 0 Å². The second kappa shape index (κ2) is 8.88. The van der Waals surface area contributed by atoms with Crippen LogP contribution in [0.1, 0.15) is 13.8 Å². The average molecular weight is 250 g/mol. The van der Waals surface area contributed by atoms with Crippen LogP contribution in [0.25, 0.3) is 0 Å². The van der Waals surface area contributed by atoms with Crippen LogP contribution in [-0.4, -0.2) is 26.2 Å². The summed E-state index contributed by atoms with van der Waals surface area (Å²) in [6.45, 7) is 3.97. The molecule has 0 amide bonds. The van der Waals surface area contributed by atoms with E-state index in [9.17, 15) is 0 Å². The summed E-state index contributed by atoms with van der Waals surface area (Å²) in [5, 5.41) is 5.98. The lowest BCUT2D eigenvalue weighted by atomic mass is 10.8. The average Bonchev–Trinajstić information content (AvgIpc) is 2.05. The first kappa shape index (κ1) is 13.3. The lowest BCUT2D eigenvalue weighted by molar-refractivity contribution is 1.05. The van der Waals surface area contributed by atoms with Crippen molar-refractivity contribution in [2.75, 3.05) is 5.08 Å². The quantitative estimate of drug-likeness (QED) is 0.410. The third-order valence-corrected chi connectivity index (χ3v) is 3.56. The fraction of sp³-hybridized carbons (Fsp3) is 0.714. The second-order valence-electron chi connectivity index (χ2n) is 2.09. The maximum Gasteiger partial charge on any atom is 0.103 e. The lowest BCUT2D eigenvalue weighted by Gasteiger charge is -2.05. The molecule has 0 saturated heterocycles. The van der Waals surface area contributed by atoms with Gasteiger partial charge in [0.05, 0.1) is 10.3 Å². The van der Waals surface area contributed by atoms with E-state index in [1.807, 2.05) is 13.8 Å². The van der Waals surface area contributed by atoms with Gasteiger partial charge in [-0.05, 0) is 38.3 Å². The first-order valence-electron chi connectivity index (χ1n) is 3.58. The molecule has 2 atom stereocenters. The van der Waals surface area contributed by atoms with Crippen molar-refractivity contribution in [2.45, 2.75) is 24.6 Å². The molecular weight excluding hydrogens is 240 g/mol. The maximum absolute atomic E-state index is 4.49. The Kier molecular flexibility index (Phi) is 9.08. The van der Waals surface area contributed by atoms with E-state index < -0.39 is 0 Å². The highest BCUT2D eigenvalue weighted by Crippen LogP contribution is 2.21. The highest BCUT2D eigenvalue weighted by molar-refractivity contribution is 8.16. The summed E-state index contributed by atoms with van der Waals surface area (Å²) in [5.41, 5.74) is 0. The Balaban J connectivity index is 3.55. The van der Waals surface area contributed by atoms with E-state index in [0.29, 0.717) is 0 Å². The molecular formula is C7H10N2S4. The van der Waals surface area contributed by atoms with Crippen LogP contribution >= 0.6 is 48.0 Å². The molecule has 0 spiro atoms. The van der Waals surface area contributed by atoms with Gasteiger partial charge in [-0.3, -0.25) is 0 Å². The summed E-state index contributed by atoms with van der Waals surface area (Å²) >= 11 is 12.4. The predicted molar refractivity (Wildman–Crippen MR) is 69.0 cm³/mol. The molecule has 6 heteroatoms. The molecule has 2 nitrogen and oxygen atoms in total. The van der Waals surface area contributed by atoms with Gasteiger partial charge >= 0.3 is 0 Å². The normalized spacial score (nSPS) is 13.7. The van der Waals surface area contributed by atoms with E-state index in [-0.39, 0.29) is 10.7 Å². The fourth-order valence-electron chi connectivity index (χ4n) is 0.459. The van der Waals surface area contributed by atoms with Crippen molar-refractivity contribution in [1.82, 2.24) is 0 Å². The van der Waals surface area contributed by atoms with Crippen LogP contribution in [0.2, 0.25) is 0 Å². The van der Waals surface area contributed by atoms with Crippen molar-refractivity contribution in [3.8, 4) is 0 Å². The van der Waals surface area contributed by atoms with Gasteiger partial charge in [-0.1, -0.05) is 0 Å². The molecule has 2 unspecified atom stereocenters. The van der Waals surface area contributed by atoms with Crippen LogP contribution in [0.15, 0.2) is 9.98 Å². The van der Waals surface area contributed by atoms with E-state index in [1.165, 1.54) is 0 Å². The van der Waals surface area contributed by atoms with E-state index >= 15 is 0 Å². The Morgan fingerprint density at radius 3 is 1.77 bits per heavy atom. The molecule has 0 rings (SSSR count). The molecule has 0 radical (unpaired) electrons. The molecule has 0 N–H and O–H groups in total. The lowest BCUT2D eigenvalue weighted by Crippen LogP contribution is -1.94. The molecule has 72 valence electrons. The molecule has 0 aromatic rings. The number of hydrogen-bond acceptors (Lipinski definition) is 6. The van der Waals surface area contributed by atoms with Crippen molar-refractivity contribution in [3.63, 3.8) is 0 Å². The van der Waals surface area contributed by atoms with E-state index in [4.69, 9.17) is 0 Å². The van der Waals surface area contributed by atoms with Crippen molar-refractivity contribution in [2.24, 2.45) is 9.98 Å². The summed E-state index contributed by atoms with van der Waals surface area (Å²) in [4.78, 5) is 7.83. The van der Waals surface area contributed by atoms with Gasteiger partial charge in [-0.15, -0.1) is 23.5 Å². The summed E-state index contributed by atoms with van der Waals surface area (Å²) in [6.07, 6.45) is 0. The molecule has 0 aliphatic rings. The second-order valence-corrected chi connectivity index (χ2v) is 5.43. The smallest absolute Gasteiger partial charge is 0.103 e. The largest absolute Gasteiger partial charge is 0.218 e. The molecule has 0 aliphatic heterocycles. The minimum absolute atomic E-state index is 0.175. The fourth-order valence-corrected chi connectivity index (χ4v) is 3.05. The van der Waals surface area contributed by atoms with Gasteiger partial charge in [-0.2, -0.15) is 0 Å². The van der Waals surface area contributed by atoms with Crippen molar-refractivity contribution in [3.05, 3.63) is 0 Å². The first-order valence-corrected chi connectivity index (χ1v) is 6.49. The highest BCUT2D eigenvalue weighted by Gasteiger charge is 2.01. The molecule has 0 aromatic carbocycles. The molecule has 0 bridgehead atoms. The van der Waals surface area contributed by atoms with Gasteiger partial charge in [0, 0.05) is 5.08 Å². The minimum atomic E-state index is 0.175. The molecule has 0 saturated carbocycles. The van der Waals surface area contributed by atoms with Crippen LogP contribution in [0, 0.1) is 0 Å². The molecule has 0 aliphatic carbocycles. The Labute approximate surface area is 97.7 Å². The summed E-state index contributed by atoms with van der Waals surface area (Å²) in [7, 11) is 0. The van der Waals surface area contributed by atoms with Gasteiger partial charge in [-0.25, -0.2) is 9.98 Å². The number of nitrogens with zero attached hydrogens (tertiary/aromatic N) is 2. The number of aliphatic imine (C=N–C) groups is 2. The minimum Gasteiger partial charge on any atom is -0.218 e. The standard InChI is InChI=1S/C7H10N2S4/c1-6(8-3-10)12-5-13-7(2)9-4-11/h6-7H,5H2,1-2H3. The Morgan fingerprint density at radius 1 is 1.08 bits per heavy atom. The Bertz CT molecular complexity index is 207. The third kappa shape index (κ3) is 8.63. The van der Waals surface area contributed by atoms with Crippen molar-refractivity contribution < 1.29 is 0 Å². The van der Waals surface area contributed by atoms with Gasteiger partial charge in [0.25, 0.3) is 0 Å². The van der Waals surface area contributed by atoms with Crippen LogP contribution in [0.4, 0.5) is 0 Å². The SMILES string of the molecule is CC(N=C=S)SCSC(C)N=C=S. The highest BCUT2D eigenvalue weighted by atomic mass is 32.2. The van der Waals surface area contributed by atoms with E-state index in [1.54, 1.807) is 23.5 Å². The first-order chi connectivity index (χ1) is 6.20. The van der Waals surface area contributed by atoms with E-state index in [2.05, 4.69) is 44.7 Å². The van der Waals surface area contributed by atoms with Gasteiger partial charge < -0.3 is 0 Å². The van der Waals surface area contributed by atoms with Crippen LogP contribution in [-0.2, 0) is 0 Å². The zero-order valence-corrected chi connectivity index (χ0v) is 10.7. The van der Waals surface area contributed by atoms with Gasteiger partial charge in [0.15, 0.2) is 0 Å². The zero-order chi connectivity index (χ0) is 10.1. The number of thioether (sulfide) groups is 2. The van der Waals surface area contributed by atoms with Crippen LogP contribution < -0.4 is 0 Å².